The molecule has 112 valence electrons. The fraction of sp³-hybridized carbons (Fsp3) is 0.625. The van der Waals surface area contributed by atoms with E-state index < -0.39 is 16.4 Å². The molecule has 0 radical (unpaired) electrons. The predicted octanol–water partition coefficient (Wildman–Crippen LogP) is 3.97. The number of hydrogen-bond acceptors (Lipinski definition) is 3. The van der Waals surface area contributed by atoms with Crippen LogP contribution in [0.2, 0.25) is 0 Å². The van der Waals surface area contributed by atoms with Crippen molar-refractivity contribution in [3.05, 3.63) is 34.1 Å². The van der Waals surface area contributed by atoms with Crippen molar-refractivity contribution in [2.45, 2.75) is 38.1 Å². The highest BCUT2D eigenvalue weighted by Gasteiger charge is 2.53. The van der Waals surface area contributed by atoms with Gasteiger partial charge in [0.25, 0.3) is 0 Å². The molecule has 0 saturated heterocycles. The Morgan fingerprint density at radius 3 is 2.76 bits per heavy atom. The molecule has 0 amide bonds. The standard InChI is InChI=1S/C16H19FN2O2/c17-14-8-10(4-5-16(14)19(20)21)18-15-7-9-6-13(15)12-3-1-2-11(9)12/h4-5,8-9,11-13,15,18H,1-3,6-7H2. The van der Waals surface area contributed by atoms with Gasteiger partial charge in [-0.3, -0.25) is 10.1 Å². The highest BCUT2D eigenvalue weighted by Crippen LogP contribution is 2.59. The third-order valence-electron chi connectivity index (χ3n) is 5.93. The Balaban J connectivity index is 1.50. The molecule has 3 aliphatic carbocycles. The van der Waals surface area contributed by atoms with Crippen LogP contribution in [0, 0.1) is 39.6 Å². The van der Waals surface area contributed by atoms with Gasteiger partial charge in [-0.15, -0.1) is 0 Å². The lowest BCUT2D eigenvalue weighted by Crippen LogP contribution is -2.33. The zero-order valence-electron chi connectivity index (χ0n) is 11.8. The smallest absolute Gasteiger partial charge is 0.304 e. The van der Waals surface area contributed by atoms with Crippen LogP contribution in [0.5, 0.6) is 0 Å². The van der Waals surface area contributed by atoms with Crippen molar-refractivity contribution < 1.29 is 9.31 Å². The molecule has 3 fully saturated rings. The molecule has 0 heterocycles. The number of benzene rings is 1. The molecule has 1 aromatic rings. The first-order valence-corrected chi connectivity index (χ1v) is 7.84. The maximum absolute atomic E-state index is 13.7. The normalized spacial score (nSPS) is 36.7. The second kappa shape index (κ2) is 4.68. The summed E-state index contributed by atoms with van der Waals surface area (Å²) in [7, 11) is 0. The fourth-order valence-corrected chi connectivity index (χ4v) is 5.19. The zero-order valence-corrected chi connectivity index (χ0v) is 11.8. The number of rotatable bonds is 3. The Morgan fingerprint density at radius 2 is 2.00 bits per heavy atom. The lowest BCUT2D eigenvalue weighted by Gasteiger charge is -2.32. The van der Waals surface area contributed by atoms with Crippen LogP contribution in [0.15, 0.2) is 18.2 Å². The Kier molecular flexibility index (Phi) is 2.91. The van der Waals surface area contributed by atoms with E-state index in [1.807, 2.05) is 0 Å². The number of nitro benzene ring substituents is 1. The monoisotopic (exact) mass is 290 g/mol. The summed E-state index contributed by atoms with van der Waals surface area (Å²) in [5, 5.41) is 14.1. The van der Waals surface area contributed by atoms with Crippen LogP contribution in [0.3, 0.4) is 0 Å². The number of hydrogen-bond donors (Lipinski definition) is 1. The van der Waals surface area contributed by atoms with Crippen LogP contribution in [0.1, 0.15) is 32.1 Å². The molecule has 1 aromatic carbocycles. The third-order valence-corrected chi connectivity index (χ3v) is 5.93. The van der Waals surface area contributed by atoms with E-state index in [2.05, 4.69) is 5.32 Å². The van der Waals surface area contributed by atoms with Gasteiger partial charge in [0.1, 0.15) is 0 Å². The first-order valence-electron chi connectivity index (χ1n) is 7.84. The quantitative estimate of drug-likeness (QED) is 0.677. The van der Waals surface area contributed by atoms with Crippen LogP contribution >= 0.6 is 0 Å². The average Bonchev–Trinajstić information content (AvgIpc) is 3.09. The van der Waals surface area contributed by atoms with Crippen LogP contribution in [0.25, 0.3) is 0 Å². The van der Waals surface area contributed by atoms with Crippen molar-refractivity contribution in [1.82, 2.24) is 0 Å². The Morgan fingerprint density at radius 1 is 1.19 bits per heavy atom. The molecule has 0 spiro atoms. The number of nitro groups is 1. The molecular weight excluding hydrogens is 271 g/mol. The number of halogens is 1. The van der Waals surface area contributed by atoms with Gasteiger partial charge in [-0.05, 0) is 55.4 Å². The molecule has 3 saturated carbocycles. The molecule has 4 rings (SSSR count). The van der Waals surface area contributed by atoms with Gasteiger partial charge >= 0.3 is 5.69 Å². The first-order chi connectivity index (χ1) is 10.1. The van der Waals surface area contributed by atoms with E-state index in [1.54, 1.807) is 6.07 Å². The van der Waals surface area contributed by atoms with Crippen molar-refractivity contribution in [3.8, 4) is 0 Å². The van der Waals surface area contributed by atoms with Gasteiger partial charge in [0, 0.05) is 23.9 Å². The zero-order chi connectivity index (χ0) is 14.6. The molecule has 0 aliphatic heterocycles. The summed E-state index contributed by atoms with van der Waals surface area (Å²) in [4.78, 5) is 9.97. The van der Waals surface area contributed by atoms with Gasteiger partial charge in [0.05, 0.1) is 4.92 Å². The summed E-state index contributed by atoms with van der Waals surface area (Å²) in [6.07, 6.45) is 6.58. The van der Waals surface area contributed by atoms with Crippen LogP contribution in [-0.4, -0.2) is 11.0 Å². The molecule has 5 atom stereocenters. The summed E-state index contributed by atoms with van der Waals surface area (Å²) >= 11 is 0. The van der Waals surface area contributed by atoms with Crippen molar-refractivity contribution in [3.63, 3.8) is 0 Å². The Hall–Kier alpha value is -1.65. The van der Waals surface area contributed by atoms with E-state index in [4.69, 9.17) is 0 Å². The molecule has 5 heteroatoms. The third kappa shape index (κ3) is 2.01. The summed E-state index contributed by atoms with van der Waals surface area (Å²) in [6.45, 7) is 0. The molecular formula is C16H19FN2O2. The number of nitrogens with zero attached hydrogens (tertiary/aromatic N) is 1. The van der Waals surface area contributed by atoms with E-state index in [0.717, 1.165) is 17.8 Å². The maximum atomic E-state index is 13.7. The summed E-state index contributed by atoms with van der Waals surface area (Å²) in [6, 6.07) is 4.55. The molecule has 21 heavy (non-hydrogen) atoms. The van der Waals surface area contributed by atoms with Gasteiger partial charge in [-0.1, -0.05) is 6.42 Å². The molecule has 0 aromatic heterocycles. The second-order valence-electron chi connectivity index (χ2n) is 6.83. The van der Waals surface area contributed by atoms with E-state index in [9.17, 15) is 14.5 Å². The van der Waals surface area contributed by atoms with Crippen molar-refractivity contribution in [2.75, 3.05) is 5.32 Å². The summed E-state index contributed by atoms with van der Waals surface area (Å²) < 4.78 is 13.7. The van der Waals surface area contributed by atoms with Gasteiger partial charge < -0.3 is 5.32 Å². The van der Waals surface area contributed by atoms with Gasteiger partial charge in [-0.25, -0.2) is 0 Å². The average molecular weight is 290 g/mol. The lowest BCUT2D eigenvalue weighted by molar-refractivity contribution is -0.387. The summed E-state index contributed by atoms with van der Waals surface area (Å²) in [5.41, 5.74) is 0.217. The maximum Gasteiger partial charge on any atom is 0.304 e. The van der Waals surface area contributed by atoms with Crippen LogP contribution < -0.4 is 5.32 Å². The van der Waals surface area contributed by atoms with Crippen molar-refractivity contribution >= 4 is 11.4 Å². The second-order valence-corrected chi connectivity index (χ2v) is 6.83. The minimum Gasteiger partial charge on any atom is -0.382 e. The highest BCUT2D eigenvalue weighted by molar-refractivity contribution is 5.50. The molecule has 3 aliphatic rings. The molecule has 4 nitrogen and oxygen atoms in total. The first kappa shape index (κ1) is 13.0. The number of nitrogens with one attached hydrogen (secondary N) is 1. The highest BCUT2D eigenvalue weighted by atomic mass is 19.1. The largest absolute Gasteiger partial charge is 0.382 e. The SMILES string of the molecule is O=[N+]([O-])c1ccc(NC2CC3CC2C2CCCC32)cc1F. The molecule has 5 unspecified atom stereocenters. The topological polar surface area (TPSA) is 55.2 Å². The van der Waals surface area contributed by atoms with Gasteiger partial charge in [0.2, 0.25) is 5.82 Å². The van der Waals surface area contributed by atoms with E-state index >= 15 is 0 Å². The van der Waals surface area contributed by atoms with Crippen LogP contribution in [-0.2, 0) is 0 Å². The van der Waals surface area contributed by atoms with E-state index in [1.165, 1.54) is 44.2 Å². The minimum absolute atomic E-state index is 0.412. The number of anilines is 1. The Bertz CT molecular complexity index is 592. The fourth-order valence-electron chi connectivity index (χ4n) is 5.19. The lowest BCUT2D eigenvalue weighted by atomic mass is 9.79. The van der Waals surface area contributed by atoms with E-state index in [-0.39, 0.29) is 0 Å². The molecule has 1 N–H and O–H groups in total. The number of fused-ring (bicyclic) bond motifs is 5. The van der Waals surface area contributed by atoms with Crippen LogP contribution in [0.4, 0.5) is 15.8 Å². The summed E-state index contributed by atoms with van der Waals surface area (Å²) in [5.74, 6) is 2.57. The predicted molar refractivity (Wildman–Crippen MR) is 77.5 cm³/mol. The molecule has 2 bridgehead atoms. The van der Waals surface area contributed by atoms with Crippen molar-refractivity contribution in [1.29, 1.82) is 0 Å². The van der Waals surface area contributed by atoms with E-state index in [0.29, 0.717) is 17.6 Å². The minimum atomic E-state index is -0.758. The van der Waals surface area contributed by atoms with Gasteiger partial charge in [0.15, 0.2) is 0 Å². The van der Waals surface area contributed by atoms with Gasteiger partial charge in [-0.2, -0.15) is 4.39 Å². The van der Waals surface area contributed by atoms with Crippen molar-refractivity contribution in [2.24, 2.45) is 23.7 Å². The Labute approximate surface area is 122 Å².